The molecule has 2 rings (SSSR count). The summed E-state index contributed by atoms with van der Waals surface area (Å²) in [6.45, 7) is 10.0. The average molecular weight is 248 g/mol. The van der Waals surface area contributed by atoms with Gasteiger partial charge in [0.05, 0.1) is 11.9 Å². The van der Waals surface area contributed by atoms with Gasteiger partial charge in [0.15, 0.2) is 5.82 Å². The highest BCUT2D eigenvalue weighted by Gasteiger charge is 2.13. The Labute approximate surface area is 107 Å². The van der Waals surface area contributed by atoms with Crippen molar-refractivity contribution in [3.8, 4) is 5.82 Å². The molecular formula is C12H20N6. The number of aryl methyl sites for hydroxylation is 1. The molecule has 0 saturated carbocycles. The minimum atomic E-state index is 0.0673. The van der Waals surface area contributed by atoms with E-state index in [4.69, 9.17) is 0 Å². The summed E-state index contributed by atoms with van der Waals surface area (Å²) in [6, 6.07) is 1.94. The van der Waals surface area contributed by atoms with Gasteiger partial charge in [-0.2, -0.15) is 9.78 Å². The molecule has 98 valence electrons. The molecule has 0 aliphatic rings. The lowest BCUT2D eigenvalue weighted by atomic mass is 10.1. The fraction of sp³-hybridized carbons (Fsp3) is 0.583. The lowest BCUT2D eigenvalue weighted by Crippen LogP contribution is -2.35. The Hall–Kier alpha value is -1.69. The van der Waals surface area contributed by atoms with Gasteiger partial charge in [-0.1, -0.05) is 5.21 Å². The van der Waals surface area contributed by atoms with Gasteiger partial charge in [-0.05, 0) is 27.7 Å². The first-order valence-corrected chi connectivity index (χ1v) is 6.18. The lowest BCUT2D eigenvalue weighted by Gasteiger charge is -2.20. The van der Waals surface area contributed by atoms with Gasteiger partial charge in [-0.3, -0.25) is 4.68 Å². The molecule has 0 bridgehead atoms. The highest BCUT2D eigenvalue weighted by molar-refractivity contribution is 5.20. The normalized spacial score (nSPS) is 12.0. The number of hydrogen-bond donors (Lipinski definition) is 1. The SMILES string of the molecule is CCn1ccc(-n2nncc2CNC(C)(C)C)n1. The molecule has 0 aromatic carbocycles. The molecule has 0 aliphatic carbocycles. The minimum absolute atomic E-state index is 0.0673. The molecule has 0 saturated heterocycles. The topological polar surface area (TPSA) is 60.6 Å². The second-order valence-electron chi connectivity index (χ2n) is 5.27. The molecule has 0 spiro atoms. The second kappa shape index (κ2) is 4.89. The van der Waals surface area contributed by atoms with Crippen molar-refractivity contribution >= 4 is 0 Å². The minimum Gasteiger partial charge on any atom is -0.306 e. The molecule has 0 fully saturated rings. The largest absolute Gasteiger partial charge is 0.306 e. The molecule has 6 heteroatoms. The zero-order valence-corrected chi connectivity index (χ0v) is 11.4. The van der Waals surface area contributed by atoms with Crippen LogP contribution < -0.4 is 5.32 Å². The van der Waals surface area contributed by atoms with E-state index in [1.165, 1.54) is 0 Å². The summed E-state index contributed by atoms with van der Waals surface area (Å²) in [4.78, 5) is 0. The number of nitrogens with zero attached hydrogens (tertiary/aromatic N) is 5. The third kappa shape index (κ3) is 2.95. The smallest absolute Gasteiger partial charge is 0.177 e. The van der Waals surface area contributed by atoms with Gasteiger partial charge >= 0.3 is 0 Å². The van der Waals surface area contributed by atoms with Crippen molar-refractivity contribution < 1.29 is 0 Å². The van der Waals surface area contributed by atoms with Crippen LogP contribution in [0.2, 0.25) is 0 Å². The van der Waals surface area contributed by atoms with E-state index < -0.39 is 0 Å². The van der Waals surface area contributed by atoms with Crippen LogP contribution in [0.15, 0.2) is 18.5 Å². The molecule has 18 heavy (non-hydrogen) atoms. The van der Waals surface area contributed by atoms with Crippen molar-refractivity contribution in [1.29, 1.82) is 0 Å². The molecule has 0 radical (unpaired) electrons. The van der Waals surface area contributed by atoms with Crippen LogP contribution in [-0.2, 0) is 13.1 Å². The fourth-order valence-electron chi connectivity index (χ4n) is 1.57. The van der Waals surface area contributed by atoms with E-state index in [0.29, 0.717) is 0 Å². The predicted octanol–water partition coefficient (Wildman–Crippen LogP) is 1.37. The predicted molar refractivity (Wildman–Crippen MR) is 69.4 cm³/mol. The first-order valence-electron chi connectivity index (χ1n) is 6.18. The van der Waals surface area contributed by atoms with E-state index in [1.807, 2.05) is 16.9 Å². The van der Waals surface area contributed by atoms with Crippen LogP contribution in [0, 0.1) is 0 Å². The lowest BCUT2D eigenvalue weighted by molar-refractivity contribution is 0.418. The van der Waals surface area contributed by atoms with Crippen molar-refractivity contribution in [3.63, 3.8) is 0 Å². The maximum atomic E-state index is 4.43. The third-order valence-corrected chi connectivity index (χ3v) is 2.59. The molecule has 2 heterocycles. The van der Waals surface area contributed by atoms with Crippen LogP contribution in [0.25, 0.3) is 5.82 Å². The Bertz CT molecular complexity index is 505. The van der Waals surface area contributed by atoms with Gasteiger partial charge in [-0.15, -0.1) is 5.10 Å². The summed E-state index contributed by atoms with van der Waals surface area (Å²) < 4.78 is 3.64. The van der Waals surface area contributed by atoms with E-state index in [2.05, 4.69) is 48.4 Å². The van der Waals surface area contributed by atoms with E-state index in [-0.39, 0.29) is 5.54 Å². The Morgan fingerprint density at radius 1 is 1.33 bits per heavy atom. The molecule has 1 N–H and O–H groups in total. The molecule has 6 nitrogen and oxygen atoms in total. The quantitative estimate of drug-likeness (QED) is 0.887. The van der Waals surface area contributed by atoms with Gasteiger partial charge in [0, 0.05) is 30.9 Å². The zero-order chi connectivity index (χ0) is 13.2. The highest BCUT2D eigenvalue weighted by atomic mass is 15.5. The van der Waals surface area contributed by atoms with Crippen molar-refractivity contribution in [2.75, 3.05) is 0 Å². The fourth-order valence-corrected chi connectivity index (χ4v) is 1.57. The number of nitrogens with one attached hydrogen (secondary N) is 1. The second-order valence-corrected chi connectivity index (χ2v) is 5.27. The first kappa shape index (κ1) is 12.8. The summed E-state index contributed by atoms with van der Waals surface area (Å²) in [5.41, 5.74) is 1.07. The van der Waals surface area contributed by atoms with Crippen LogP contribution in [-0.4, -0.2) is 30.3 Å². The molecule has 0 aliphatic heterocycles. The first-order chi connectivity index (χ1) is 8.49. The molecular weight excluding hydrogens is 228 g/mol. The summed E-state index contributed by atoms with van der Waals surface area (Å²) in [6.07, 6.45) is 3.71. The molecule has 2 aromatic heterocycles. The van der Waals surface area contributed by atoms with Crippen molar-refractivity contribution in [2.45, 2.75) is 46.3 Å². The standard InChI is InChI=1S/C12H20N6/c1-5-17-7-6-11(15-17)18-10(9-14-16-18)8-13-12(2,3)4/h6-7,9,13H,5,8H2,1-4H3. The Kier molecular flexibility index (Phi) is 3.47. The monoisotopic (exact) mass is 248 g/mol. The number of rotatable bonds is 4. The van der Waals surface area contributed by atoms with E-state index >= 15 is 0 Å². The van der Waals surface area contributed by atoms with Gasteiger partial charge in [0.2, 0.25) is 0 Å². The van der Waals surface area contributed by atoms with E-state index in [0.717, 1.165) is 24.6 Å². The Morgan fingerprint density at radius 3 is 2.72 bits per heavy atom. The number of hydrogen-bond acceptors (Lipinski definition) is 4. The van der Waals surface area contributed by atoms with Crippen LogP contribution in [0.1, 0.15) is 33.4 Å². The van der Waals surface area contributed by atoms with Crippen LogP contribution in [0.4, 0.5) is 0 Å². The summed E-state index contributed by atoms with van der Waals surface area (Å²) >= 11 is 0. The molecule has 0 atom stereocenters. The Balaban J connectivity index is 2.17. The molecule has 0 amide bonds. The highest BCUT2D eigenvalue weighted by Crippen LogP contribution is 2.08. The third-order valence-electron chi connectivity index (χ3n) is 2.59. The van der Waals surface area contributed by atoms with Gasteiger partial charge in [0.25, 0.3) is 0 Å². The van der Waals surface area contributed by atoms with Crippen molar-refractivity contribution in [3.05, 3.63) is 24.2 Å². The van der Waals surface area contributed by atoms with Crippen LogP contribution in [0.5, 0.6) is 0 Å². The summed E-state index contributed by atoms with van der Waals surface area (Å²) in [5, 5.41) is 15.9. The van der Waals surface area contributed by atoms with Crippen molar-refractivity contribution in [1.82, 2.24) is 30.1 Å². The zero-order valence-electron chi connectivity index (χ0n) is 11.4. The number of aromatic nitrogens is 5. The molecule has 0 unspecified atom stereocenters. The summed E-state index contributed by atoms with van der Waals surface area (Å²) in [5.74, 6) is 0.806. The van der Waals surface area contributed by atoms with Crippen molar-refractivity contribution in [2.24, 2.45) is 0 Å². The van der Waals surface area contributed by atoms with Crippen LogP contribution >= 0.6 is 0 Å². The molecule has 2 aromatic rings. The van der Waals surface area contributed by atoms with E-state index in [1.54, 1.807) is 10.9 Å². The maximum absolute atomic E-state index is 4.43. The van der Waals surface area contributed by atoms with E-state index in [9.17, 15) is 0 Å². The van der Waals surface area contributed by atoms with Gasteiger partial charge in [-0.25, -0.2) is 0 Å². The summed E-state index contributed by atoms with van der Waals surface area (Å²) in [7, 11) is 0. The van der Waals surface area contributed by atoms with Crippen LogP contribution in [0.3, 0.4) is 0 Å². The average Bonchev–Trinajstić information content (AvgIpc) is 2.93. The van der Waals surface area contributed by atoms with Gasteiger partial charge in [0.1, 0.15) is 0 Å². The maximum Gasteiger partial charge on any atom is 0.177 e. The van der Waals surface area contributed by atoms with Gasteiger partial charge < -0.3 is 5.32 Å². The Morgan fingerprint density at radius 2 is 2.11 bits per heavy atom.